The molecular weight excluding hydrogens is 192 g/mol. The molecule has 94 valence electrons. The van der Waals surface area contributed by atoms with Gasteiger partial charge >= 0.3 is 0 Å². The standard InChI is InChI=1S/C16H30/c1-15(2,3)13-14-7-11-16(12-8-14)9-5-4-6-10-16/h14H,4-13H2,1-3H3/i4D2,5D2,6D2,7D2,8D2,9D2,10D2,11D2,12D2,14D. The summed E-state index contributed by atoms with van der Waals surface area (Å²) in [6, 6.07) is 0. The average molecular weight is 242 g/mol. The van der Waals surface area contributed by atoms with E-state index in [0.29, 0.717) is 0 Å². The summed E-state index contributed by atoms with van der Waals surface area (Å²) in [6.07, 6.45) is -38.4. The van der Waals surface area contributed by atoms with Gasteiger partial charge in [0.05, 0.1) is 0 Å². The van der Waals surface area contributed by atoms with E-state index in [4.69, 9.17) is 26.0 Å². The largest absolute Gasteiger partial charge is 0.0602 e. The molecule has 0 amide bonds. The lowest BCUT2D eigenvalue weighted by Crippen LogP contribution is -2.30. The normalized spacial score (nSPS) is 75.1. The topological polar surface area (TPSA) is 0 Å². The van der Waals surface area contributed by atoms with Crippen molar-refractivity contribution in [3.63, 3.8) is 0 Å². The quantitative estimate of drug-likeness (QED) is 0.563. The Balaban J connectivity index is 3.30. The van der Waals surface area contributed by atoms with Gasteiger partial charge in [0.1, 0.15) is 0 Å². The van der Waals surface area contributed by atoms with Crippen LogP contribution < -0.4 is 0 Å². The van der Waals surface area contributed by atoms with Crippen LogP contribution in [0.2, 0.25) is 0 Å². The Hall–Kier alpha value is 0. The number of rotatable bonds is 1. The molecule has 0 aromatic rings. The van der Waals surface area contributed by atoms with Crippen LogP contribution in [0.4, 0.5) is 0 Å². The predicted octanol–water partition coefficient (Wildman–Crippen LogP) is 5.56. The van der Waals surface area contributed by atoms with Crippen LogP contribution in [0.15, 0.2) is 0 Å². The summed E-state index contributed by atoms with van der Waals surface area (Å²) in [5.74, 6) is -3.33. The van der Waals surface area contributed by atoms with Crippen LogP contribution >= 0.6 is 0 Å². The van der Waals surface area contributed by atoms with E-state index < -0.39 is 80.5 Å². The van der Waals surface area contributed by atoms with Gasteiger partial charge in [0, 0.05) is 26.0 Å². The molecule has 2 aliphatic rings. The smallest absolute Gasteiger partial charge is 0.0303 e. The SMILES string of the molecule is [2H]C1([2H])C([2H])([2H])C([2H])([2H])C2(C([2H])([2H])C1([2H])[2H])C([2H])([2H])C([2H])([2H])C([2H])(CC(C)(C)C)C([2H])([2H])C2([2H])[2H]. The van der Waals surface area contributed by atoms with Gasteiger partial charge in [0.2, 0.25) is 0 Å². The van der Waals surface area contributed by atoms with E-state index >= 15 is 0 Å². The Kier molecular flexibility index (Phi) is 0.817. The van der Waals surface area contributed by atoms with E-state index in [1.165, 1.54) is 20.8 Å². The van der Waals surface area contributed by atoms with Crippen molar-refractivity contribution in [1.82, 2.24) is 0 Å². The Labute approximate surface area is 129 Å². The molecule has 0 saturated heterocycles. The molecule has 0 radical (unpaired) electrons. The molecule has 0 aliphatic heterocycles. The van der Waals surface area contributed by atoms with E-state index in [9.17, 15) is 0 Å². The minimum Gasteiger partial charge on any atom is -0.0602 e. The maximum atomic E-state index is 8.79. The summed E-state index contributed by atoms with van der Waals surface area (Å²) in [7, 11) is 0. The monoisotopic (exact) mass is 241 g/mol. The molecule has 2 fully saturated rings. The van der Waals surface area contributed by atoms with Gasteiger partial charge in [-0.25, -0.2) is 0 Å². The molecular formula is C16H30. The third-order valence-electron chi connectivity index (χ3n) is 2.13. The van der Waals surface area contributed by atoms with Crippen LogP contribution in [0.1, 0.15) is 111 Å². The van der Waals surface area contributed by atoms with Crippen molar-refractivity contribution in [3.05, 3.63) is 0 Å². The fourth-order valence-corrected chi connectivity index (χ4v) is 1.46. The molecule has 2 saturated carbocycles. The van der Waals surface area contributed by atoms with Crippen molar-refractivity contribution in [1.29, 1.82) is 0 Å². The minimum atomic E-state index is -4.46. The molecule has 0 nitrogen and oxygen atoms in total. The summed E-state index contributed by atoms with van der Waals surface area (Å²) < 4.78 is 161. The lowest BCUT2D eigenvalue weighted by atomic mass is 9.62. The highest BCUT2D eigenvalue weighted by Crippen LogP contribution is 2.50. The summed E-state index contributed by atoms with van der Waals surface area (Å²) in [4.78, 5) is 0. The van der Waals surface area contributed by atoms with Crippen LogP contribution in [0.3, 0.4) is 0 Å². The first-order valence-corrected chi connectivity index (χ1v) is 5.21. The molecule has 2 rings (SSSR count). The summed E-state index contributed by atoms with van der Waals surface area (Å²) in [6.45, 7) is 4.32. The van der Waals surface area contributed by atoms with E-state index in [1.54, 1.807) is 0 Å². The van der Waals surface area contributed by atoms with E-state index in [0.717, 1.165) is 0 Å². The first-order valence-electron chi connectivity index (χ1n) is 14.7. The molecule has 0 heteroatoms. The van der Waals surface area contributed by atoms with Gasteiger partial charge in [-0.1, -0.05) is 39.9 Å². The van der Waals surface area contributed by atoms with Crippen LogP contribution in [0.25, 0.3) is 0 Å². The van der Waals surface area contributed by atoms with Crippen molar-refractivity contribution in [2.45, 2.75) is 84.5 Å². The van der Waals surface area contributed by atoms with Crippen molar-refractivity contribution in [3.8, 4) is 0 Å². The molecule has 0 aromatic carbocycles. The first kappa shape index (κ1) is 2.78. The highest BCUT2D eigenvalue weighted by molar-refractivity contribution is 4.88. The number of hydrogen-bond donors (Lipinski definition) is 0. The van der Waals surface area contributed by atoms with Gasteiger partial charge in [-0.2, -0.15) is 0 Å². The lowest BCUT2D eigenvalue weighted by Gasteiger charge is -2.44. The second kappa shape index (κ2) is 4.70. The fraction of sp³-hybridized carbons (Fsp3) is 1.00. The zero-order valence-corrected chi connectivity index (χ0v) is 9.71. The summed E-state index contributed by atoms with van der Waals surface area (Å²) in [5, 5.41) is 0. The second-order valence-electron chi connectivity index (χ2n) is 5.09. The maximum Gasteiger partial charge on any atom is 0.0303 e. The summed E-state index contributed by atoms with van der Waals surface area (Å²) >= 11 is 0. The first-order chi connectivity index (χ1) is 14.7. The van der Waals surface area contributed by atoms with Crippen LogP contribution in [-0.2, 0) is 0 Å². The van der Waals surface area contributed by atoms with Gasteiger partial charge < -0.3 is 0 Å². The molecule has 0 unspecified atom stereocenters. The zero-order chi connectivity index (χ0) is 28.7. The van der Waals surface area contributed by atoms with Crippen molar-refractivity contribution in [2.24, 2.45) is 16.7 Å². The van der Waals surface area contributed by atoms with Crippen molar-refractivity contribution < 1.29 is 26.0 Å². The Bertz CT molecular complexity index is 829. The maximum absolute atomic E-state index is 8.79. The minimum absolute atomic E-state index is 0.832. The van der Waals surface area contributed by atoms with Crippen LogP contribution in [-0.4, -0.2) is 0 Å². The number of hydrogen-bond acceptors (Lipinski definition) is 0. The van der Waals surface area contributed by atoms with E-state index in [-0.39, 0.29) is 0 Å². The highest BCUT2D eigenvalue weighted by atomic mass is 14.4. The van der Waals surface area contributed by atoms with Crippen molar-refractivity contribution in [2.75, 3.05) is 0 Å². The van der Waals surface area contributed by atoms with Gasteiger partial charge in [-0.15, -0.1) is 0 Å². The van der Waals surface area contributed by atoms with Crippen LogP contribution in [0.5, 0.6) is 0 Å². The van der Waals surface area contributed by atoms with E-state index in [2.05, 4.69) is 0 Å². The Morgan fingerprint density at radius 1 is 1.06 bits per heavy atom. The van der Waals surface area contributed by atoms with Gasteiger partial charge in [-0.05, 0) is 61.4 Å². The highest BCUT2D eigenvalue weighted by Gasteiger charge is 2.36. The average Bonchev–Trinajstić information content (AvgIpc) is 2.56. The summed E-state index contributed by atoms with van der Waals surface area (Å²) in [5.41, 5.74) is -5.58. The van der Waals surface area contributed by atoms with Crippen LogP contribution in [0, 0.1) is 16.7 Å². The molecule has 2 aliphatic carbocycles. The molecule has 0 N–H and O–H groups in total. The Morgan fingerprint density at radius 3 is 2.12 bits per heavy atom. The molecule has 16 heavy (non-hydrogen) atoms. The van der Waals surface area contributed by atoms with Gasteiger partial charge in [-0.3, -0.25) is 0 Å². The molecule has 0 aromatic heterocycles. The molecule has 0 atom stereocenters. The Morgan fingerprint density at radius 2 is 1.62 bits per heavy atom. The van der Waals surface area contributed by atoms with Gasteiger partial charge in [0.15, 0.2) is 0 Å². The second-order valence-corrected chi connectivity index (χ2v) is 5.09. The van der Waals surface area contributed by atoms with E-state index in [1.807, 2.05) is 0 Å². The van der Waals surface area contributed by atoms with Crippen molar-refractivity contribution >= 4 is 0 Å². The molecule has 0 bridgehead atoms. The predicted molar refractivity (Wildman–Crippen MR) is 71.5 cm³/mol. The third-order valence-corrected chi connectivity index (χ3v) is 2.13. The fourth-order valence-electron chi connectivity index (χ4n) is 1.46. The van der Waals surface area contributed by atoms with Gasteiger partial charge in [0.25, 0.3) is 0 Å². The zero-order valence-electron chi connectivity index (χ0n) is 28.7. The molecule has 1 spiro atoms. The molecule has 0 heterocycles. The third kappa shape index (κ3) is 3.25. The lowest BCUT2D eigenvalue weighted by molar-refractivity contribution is 0.0828.